The van der Waals surface area contributed by atoms with E-state index in [4.69, 9.17) is 0 Å². The molecule has 70 valence electrons. The topological polar surface area (TPSA) is 27.6 Å². The molecule has 12 heavy (non-hydrogen) atoms. The zero-order valence-corrected chi connectivity index (χ0v) is 6.65. The molecule has 3 nitrogen and oxygen atoms in total. The summed E-state index contributed by atoms with van der Waals surface area (Å²) in [6.07, 6.45) is -4.33. The second-order valence-electron chi connectivity index (χ2n) is 2.37. The van der Waals surface area contributed by atoms with Crippen molar-refractivity contribution >= 4 is 5.84 Å². The van der Waals surface area contributed by atoms with Gasteiger partial charge in [0, 0.05) is 6.54 Å². The molecule has 1 aliphatic heterocycles. The van der Waals surface area contributed by atoms with Gasteiger partial charge in [-0.25, -0.2) is 5.43 Å². The first kappa shape index (κ1) is 9.31. The molecule has 0 atom stereocenters. The van der Waals surface area contributed by atoms with Crippen molar-refractivity contribution in [3.8, 4) is 0 Å². The molecule has 1 heterocycles. The van der Waals surface area contributed by atoms with E-state index in [-0.39, 0.29) is 6.54 Å². The molecule has 0 amide bonds. The summed E-state index contributed by atoms with van der Waals surface area (Å²) in [7, 11) is 0. The lowest BCUT2D eigenvalue weighted by Crippen LogP contribution is -2.46. The number of aliphatic imine (C=N–C) groups is 1. The van der Waals surface area contributed by atoms with Crippen LogP contribution in [0.15, 0.2) is 4.99 Å². The van der Waals surface area contributed by atoms with Crippen molar-refractivity contribution in [1.82, 2.24) is 10.4 Å². The Bertz CT molecular complexity index is 187. The van der Waals surface area contributed by atoms with Gasteiger partial charge >= 0.3 is 6.18 Å². The van der Waals surface area contributed by atoms with Crippen molar-refractivity contribution in [1.29, 1.82) is 0 Å². The molecule has 0 aliphatic carbocycles. The summed E-state index contributed by atoms with van der Waals surface area (Å²) >= 11 is 0. The minimum Gasteiger partial charge on any atom is -0.286 e. The molecule has 1 rings (SSSR count). The number of halogens is 3. The fourth-order valence-corrected chi connectivity index (χ4v) is 1.03. The van der Waals surface area contributed by atoms with Crippen molar-refractivity contribution in [2.24, 2.45) is 4.99 Å². The summed E-state index contributed by atoms with van der Waals surface area (Å²) in [6.45, 7) is 2.71. The minimum absolute atomic E-state index is 0.210. The zero-order valence-electron chi connectivity index (χ0n) is 6.65. The van der Waals surface area contributed by atoms with Crippen LogP contribution in [0.1, 0.15) is 6.92 Å². The Kier molecular flexibility index (Phi) is 2.56. The lowest BCUT2D eigenvalue weighted by molar-refractivity contribution is -0.0694. The Balaban J connectivity index is 2.63. The Morgan fingerprint density at radius 1 is 1.58 bits per heavy atom. The van der Waals surface area contributed by atoms with Crippen LogP contribution in [-0.2, 0) is 0 Å². The van der Waals surface area contributed by atoms with Gasteiger partial charge < -0.3 is 0 Å². The van der Waals surface area contributed by atoms with Gasteiger partial charge in [-0.15, -0.1) is 0 Å². The molecule has 6 heteroatoms. The SMILES string of the molecule is CCNN1CCN=C1C(F)(F)F. The highest BCUT2D eigenvalue weighted by Gasteiger charge is 2.41. The van der Waals surface area contributed by atoms with E-state index in [2.05, 4.69) is 10.4 Å². The third kappa shape index (κ3) is 1.88. The number of hydrazine groups is 1. The second kappa shape index (κ2) is 3.30. The van der Waals surface area contributed by atoms with E-state index in [1.54, 1.807) is 6.92 Å². The van der Waals surface area contributed by atoms with Crippen molar-refractivity contribution < 1.29 is 13.2 Å². The van der Waals surface area contributed by atoms with Crippen LogP contribution in [0, 0.1) is 0 Å². The molecule has 0 radical (unpaired) electrons. The Labute approximate surface area is 68.2 Å². The van der Waals surface area contributed by atoms with Crippen LogP contribution in [0.4, 0.5) is 13.2 Å². The molecule has 0 unspecified atom stereocenters. The molecule has 0 aromatic carbocycles. The molecule has 0 saturated heterocycles. The molecule has 0 aromatic heterocycles. The van der Waals surface area contributed by atoms with E-state index in [0.29, 0.717) is 13.1 Å². The smallest absolute Gasteiger partial charge is 0.286 e. The van der Waals surface area contributed by atoms with Gasteiger partial charge in [-0.2, -0.15) is 13.2 Å². The largest absolute Gasteiger partial charge is 0.450 e. The third-order valence-corrected chi connectivity index (χ3v) is 1.44. The predicted octanol–water partition coefficient (Wildman–Crippen LogP) is 0.787. The zero-order chi connectivity index (χ0) is 9.19. The predicted molar refractivity (Wildman–Crippen MR) is 38.7 cm³/mol. The highest BCUT2D eigenvalue weighted by atomic mass is 19.4. The Morgan fingerprint density at radius 2 is 2.25 bits per heavy atom. The number of nitrogens with one attached hydrogen (secondary N) is 1. The van der Waals surface area contributed by atoms with E-state index in [1.807, 2.05) is 0 Å². The first-order valence-corrected chi connectivity index (χ1v) is 3.68. The summed E-state index contributed by atoms with van der Waals surface area (Å²) < 4.78 is 36.4. The van der Waals surface area contributed by atoms with Gasteiger partial charge in [0.05, 0.1) is 13.1 Å². The van der Waals surface area contributed by atoms with Crippen LogP contribution in [0.5, 0.6) is 0 Å². The molecular weight excluding hydrogens is 171 g/mol. The molecule has 0 bridgehead atoms. The maximum atomic E-state index is 12.1. The fraction of sp³-hybridized carbons (Fsp3) is 0.833. The first-order valence-electron chi connectivity index (χ1n) is 3.68. The van der Waals surface area contributed by atoms with Gasteiger partial charge in [0.1, 0.15) is 0 Å². The van der Waals surface area contributed by atoms with Crippen LogP contribution in [0.3, 0.4) is 0 Å². The molecule has 1 aliphatic rings. The molecule has 0 fully saturated rings. The standard InChI is InChI=1S/C6H10F3N3/c1-2-11-12-4-3-10-5(12)6(7,8)9/h11H,2-4H2,1H3. The fourth-order valence-electron chi connectivity index (χ4n) is 1.03. The summed E-state index contributed by atoms with van der Waals surface area (Å²) in [5, 5.41) is 1.04. The van der Waals surface area contributed by atoms with Gasteiger partial charge in [0.25, 0.3) is 0 Å². The van der Waals surface area contributed by atoms with Gasteiger partial charge in [-0.05, 0) is 0 Å². The van der Waals surface area contributed by atoms with E-state index in [0.717, 1.165) is 5.01 Å². The van der Waals surface area contributed by atoms with Gasteiger partial charge in [0.2, 0.25) is 5.84 Å². The Hall–Kier alpha value is -0.780. The van der Waals surface area contributed by atoms with Gasteiger partial charge in [0.15, 0.2) is 0 Å². The number of hydrogen-bond donors (Lipinski definition) is 1. The number of hydrogen-bond acceptors (Lipinski definition) is 3. The lowest BCUT2D eigenvalue weighted by atomic mass is 10.5. The van der Waals surface area contributed by atoms with E-state index in [1.165, 1.54) is 0 Å². The summed E-state index contributed by atoms with van der Waals surface area (Å²) in [6, 6.07) is 0. The van der Waals surface area contributed by atoms with E-state index in [9.17, 15) is 13.2 Å². The number of alkyl halides is 3. The van der Waals surface area contributed by atoms with Crippen molar-refractivity contribution in [2.75, 3.05) is 19.6 Å². The van der Waals surface area contributed by atoms with Crippen LogP contribution in [0.2, 0.25) is 0 Å². The van der Waals surface area contributed by atoms with E-state index < -0.39 is 12.0 Å². The highest BCUT2D eigenvalue weighted by molar-refractivity contribution is 5.88. The minimum atomic E-state index is -4.33. The third-order valence-electron chi connectivity index (χ3n) is 1.44. The lowest BCUT2D eigenvalue weighted by Gasteiger charge is -2.21. The van der Waals surface area contributed by atoms with Gasteiger partial charge in [-0.3, -0.25) is 10.0 Å². The maximum Gasteiger partial charge on any atom is 0.450 e. The summed E-state index contributed by atoms with van der Waals surface area (Å²) in [5.74, 6) is -0.815. The van der Waals surface area contributed by atoms with Crippen molar-refractivity contribution in [3.05, 3.63) is 0 Å². The normalized spacial score (nSPS) is 18.3. The highest BCUT2D eigenvalue weighted by Crippen LogP contribution is 2.21. The number of amidine groups is 1. The number of nitrogens with zero attached hydrogens (tertiary/aromatic N) is 2. The van der Waals surface area contributed by atoms with Crippen LogP contribution < -0.4 is 5.43 Å². The van der Waals surface area contributed by atoms with Crippen LogP contribution >= 0.6 is 0 Å². The monoisotopic (exact) mass is 181 g/mol. The van der Waals surface area contributed by atoms with Crippen LogP contribution in [-0.4, -0.2) is 36.7 Å². The molecule has 0 spiro atoms. The van der Waals surface area contributed by atoms with Crippen molar-refractivity contribution in [3.63, 3.8) is 0 Å². The van der Waals surface area contributed by atoms with Crippen LogP contribution in [0.25, 0.3) is 0 Å². The average Bonchev–Trinajstić information content (AvgIpc) is 2.34. The van der Waals surface area contributed by atoms with Crippen molar-refractivity contribution in [2.45, 2.75) is 13.1 Å². The molecule has 0 aromatic rings. The second-order valence-corrected chi connectivity index (χ2v) is 2.37. The molecule has 0 saturated carbocycles. The molecular formula is C6H10F3N3. The summed E-state index contributed by atoms with van der Waals surface area (Å²) in [4.78, 5) is 3.36. The summed E-state index contributed by atoms with van der Waals surface area (Å²) in [5.41, 5.74) is 2.58. The Morgan fingerprint density at radius 3 is 2.75 bits per heavy atom. The first-order chi connectivity index (χ1) is 5.55. The maximum absolute atomic E-state index is 12.1. The quantitative estimate of drug-likeness (QED) is 0.682. The molecule has 1 N–H and O–H groups in total. The van der Waals surface area contributed by atoms with Gasteiger partial charge in [-0.1, -0.05) is 6.92 Å². The van der Waals surface area contributed by atoms with E-state index >= 15 is 0 Å². The number of rotatable bonds is 2. The average molecular weight is 181 g/mol.